The van der Waals surface area contributed by atoms with Crippen molar-refractivity contribution < 1.29 is 4.42 Å². The predicted molar refractivity (Wildman–Crippen MR) is 58.8 cm³/mol. The van der Waals surface area contributed by atoms with Gasteiger partial charge >= 0.3 is 0 Å². The molecule has 2 nitrogen and oxygen atoms in total. The molecule has 2 rings (SSSR count). The van der Waals surface area contributed by atoms with Crippen LogP contribution in [0.15, 0.2) is 15.0 Å². The van der Waals surface area contributed by atoms with Crippen LogP contribution in [0, 0.1) is 11.8 Å². The van der Waals surface area contributed by atoms with Crippen LogP contribution in [0.1, 0.15) is 5.56 Å². The molecule has 1 N–H and O–H groups in total. The van der Waals surface area contributed by atoms with Gasteiger partial charge in [-0.1, -0.05) is 11.6 Å². The van der Waals surface area contributed by atoms with Crippen molar-refractivity contribution in [1.82, 2.24) is 4.98 Å². The standard InChI is InChI=1S/C8H5BrClNOS/c1-3-5(10)2-4(9)7-6(3)11-8(13)12-7/h2H,1H3,(H,11,13). The molecule has 0 unspecified atom stereocenters. The van der Waals surface area contributed by atoms with E-state index in [1.807, 2.05) is 6.92 Å². The van der Waals surface area contributed by atoms with Crippen LogP contribution in [0.2, 0.25) is 5.02 Å². The summed E-state index contributed by atoms with van der Waals surface area (Å²) in [6.45, 7) is 1.91. The highest BCUT2D eigenvalue weighted by molar-refractivity contribution is 9.10. The normalized spacial score (nSPS) is 11.0. The zero-order chi connectivity index (χ0) is 9.59. The maximum Gasteiger partial charge on any atom is 0.266 e. The first-order valence-corrected chi connectivity index (χ1v) is 5.15. The molecule has 0 fully saturated rings. The molecule has 0 amide bonds. The van der Waals surface area contributed by atoms with Gasteiger partial charge in [-0.25, -0.2) is 0 Å². The summed E-state index contributed by atoms with van der Waals surface area (Å²) in [6.07, 6.45) is 0. The number of aromatic amines is 1. The average Bonchev–Trinajstić information content (AvgIpc) is 2.44. The maximum atomic E-state index is 5.98. The summed E-state index contributed by atoms with van der Waals surface area (Å²) in [5, 5.41) is 0.687. The molecule has 0 bridgehead atoms. The van der Waals surface area contributed by atoms with Crippen LogP contribution >= 0.6 is 39.7 Å². The number of oxazole rings is 1. The van der Waals surface area contributed by atoms with E-state index in [0.29, 0.717) is 15.4 Å². The Morgan fingerprint density at radius 2 is 2.31 bits per heavy atom. The van der Waals surface area contributed by atoms with E-state index in [-0.39, 0.29) is 0 Å². The minimum absolute atomic E-state index is 0.362. The summed E-state index contributed by atoms with van der Waals surface area (Å²) < 4.78 is 6.10. The van der Waals surface area contributed by atoms with Crippen LogP contribution in [0.5, 0.6) is 0 Å². The molecular weight excluding hydrogens is 274 g/mol. The molecule has 1 heterocycles. The first-order chi connectivity index (χ1) is 6.09. The van der Waals surface area contributed by atoms with Crippen LogP contribution in [0.4, 0.5) is 0 Å². The number of hydrogen-bond donors (Lipinski definition) is 1. The van der Waals surface area contributed by atoms with Gasteiger partial charge in [-0.2, -0.15) is 0 Å². The highest BCUT2D eigenvalue weighted by Gasteiger charge is 2.09. The number of fused-ring (bicyclic) bond motifs is 1. The van der Waals surface area contributed by atoms with E-state index < -0.39 is 0 Å². The largest absolute Gasteiger partial charge is 0.428 e. The predicted octanol–water partition coefficient (Wildman–Crippen LogP) is 4.21. The molecule has 0 saturated carbocycles. The van der Waals surface area contributed by atoms with E-state index >= 15 is 0 Å². The van der Waals surface area contributed by atoms with Crippen molar-refractivity contribution in [2.24, 2.45) is 0 Å². The van der Waals surface area contributed by atoms with Gasteiger partial charge in [0.05, 0.1) is 9.99 Å². The van der Waals surface area contributed by atoms with Gasteiger partial charge < -0.3 is 9.40 Å². The summed E-state index contributed by atoms with van der Waals surface area (Å²) in [4.78, 5) is 3.30. The van der Waals surface area contributed by atoms with Crippen LogP contribution in [-0.4, -0.2) is 4.98 Å². The lowest BCUT2D eigenvalue weighted by Gasteiger charge is -1.99. The van der Waals surface area contributed by atoms with E-state index in [2.05, 4.69) is 20.9 Å². The molecule has 0 spiro atoms. The molecule has 1 aromatic heterocycles. The van der Waals surface area contributed by atoms with E-state index in [4.69, 9.17) is 28.2 Å². The quantitative estimate of drug-likeness (QED) is 0.731. The molecule has 0 atom stereocenters. The van der Waals surface area contributed by atoms with Crippen LogP contribution in [-0.2, 0) is 0 Å². The first kappa shape index (κ1) is 9.24. The van der Waals surface area contributed by atoms with Crippen molar-refractivity contribution in [3.63, 3.8) is 0 Å². The van der Waals surface area contributed by atoms with E-state index in [0.717, 1.165) is 15.6 Å². The van der Waals surface area contributed by atoms with Gasteiger partial charge in [0, 0.05) is 5.02 Å². The molecular formula is C8H5BrClNOS. The Bertz CT molecular complexity index is 531. The Balaban J connectivity index is 3.04. The average molecular weight is 279 g/mol. The van der Waals surface area contributed by atoms with Crippen LogP contribution in [0.25, 0.3) is 11.1 Å². The highest BCUT2D eigenvalue weighted by Crippen LogP contribution is 2.31. The molecule has 0 radical (unpaired) electrons. The third-order valence-electron chi connectivity index (χ3n) is 1.85. The van der Waals surface area contributed by atoms with Gasteiger partial charge in [0.15, 0.2) is 5.58 Å². The molecule has 68 valence electrons. The zero-order valence-corrected chi connectivity index (χ0v) is 9.81. The number of aromatic nitrogens is 1. The second kappa shape index (κ2) is 3.12. The van der Waals surface area contributed by atoms with Crippen molar-refractivity contribution in [2.75, 3.05) is 0 Å². The van der Waals surface area contributed by atoms with Crippen molar-refractivity contribution >= 4 is 50.8 Å². The molecule has 0 aliphatic heterocycles. The first-order valence-electron chi connectivity index (χ1n) is 3.57. The second-order valence-electron chi connectivity index (χ2n) is 2.68. The maximum absolute atomic E-state index is 5.98. The van der Waals surface area contributed by atoms with Crippen molar-refractivity contribution in [1.29, 1.82) is 0 Å². The molecule has 0 aliphatic rings. The Kier molecular flexibility index (Phi) is 2.21. The third-order valence-corrected chi connectivity index (χ3v) is 3.02. The zero-order valence-electron chi connectivity index (χ0n) is 6.65. The number of rotatable bonds is 0. The van der Waals surface area contributed by atoms with Gasteiger partial charge in [-0.3, -0.25) is 0 Å². The number of benzene rings is 1. The monoisotopic (exact) mass is 277 g/mol. The smallest absolute Gasteiger partial charge is 0.266 e. The minimum atomic E-state index is 0.362. The van der Waals surface area contributed by atoms with Gasteiger partial charge in [0.2, 0.25) is 0 Å². The Morgan fingerprint density at radius 3 is 3.00 bits per heavy atom. The van der Waals surface area contributed by atoms with Gasteiger partial charge in [-0.15, -0.1) is 0 Å². The van der Waals surface area contributed by atoms with Crippen LogP contribution < -0.4 is 0 Å². The Morgan fingerprint density at radius 1 is 1.62 bits per heavy atom. The molecule has 1 aromatic carbocycles. The van der Waals surface area contributed by atoms with Crippen molar-refractivity contribution in [3.8, 4) is 0 Å². The molecule has 5 heteroatoms. The van der Waals surface area contributed by atoms with Crippen molar-refractivity contribution in [3.05, 3.63) is 26.0 Å². The molecule has 13 heavy (non-hydrogen) atoms. The van der Waals surface area contributed by atoms with Gasteiger partial charge in [-0.05, 0) is 46.7 Å². The van der Waals surface area contributed by atoms with Gasteiger partial charge in [0.25, 0.3) is 4.84 Å². The number of H-pyrrole nitrogens is 1. The number of nitrogens with one attached hydrogen (secondary N) is 1. The highest BCUT2D eigenvalue weighted by atomic mass is 79.9. The minimum Gasteiger partial charge on any atom is -0.428 e. The fourth-order valence-electron chi connectivity index (χ4n) is 1.16. The lowest BCUT2D eigenvalue weighted by atomic mass is 10.2. The van der Waals surface area contributed by atoms with E-state index in [1.54, 1.807) is 6.07 Å². The number of aryl methyl sites for hydroxylation is 1. The second-order valence-corrected chi connectivity index (χ2v) is 4.32. The lowest BCUT2D eigenvalue weighted by Crippen LogP contribution is -1.79. The summed E-state index contributed by atoms with van der Waals surface area (Å²) in [7, 11) is 0. The van der Waals surface area contributed by atoms with Crippen molar-refractivity contribution in [2.45, 2.75) is 6.92 Å². The summed E-state index contributed by atoms with van der Waals surface area (Å²) in [5.41, 5.74) is 2.51. The van der Waals surface area contributed by atoms with E-state index in [9.17, 15) is 0 Å². The Labute approximate surface area is 93.0 Å². The van der Waals surface area contributed by atoms with Gasteiger partial charge in [0.1, 0.15) is 0 Å². The lowest BCUT2D eigenvalue weighted by molar-refractivity contribution is 0.582. The molecule has 2 aromatic rings. The summed E-state index contributed by atoms with van der Waals surface area (Å²) in [6, 6.07) is 1.80. The van der Waals surface area contributed by atoms with Crippen LogP contribution in [0.3, 0.4) is 0 Å². The molecule has 0 saturated heterocycles. The topological polar surface area (TPSA) is 28.9 Å². The fourth-order valence-corrected chi connectivity index (χ4v) is 2.19. The number of halogens is 2. The summed E-state index contributed by atoms with van der Waals surface area (Å²) >= 11 is 14.2. The number of hydrogen-bond acceptors (Lipinski definition) is 2. The summed E-state index contributed by atoms with van der Waals surface area (Å²) in [5.74, 6) is 0. The van der Waals surface area contributed by atoms with E-state index in [1.165, 1.54) is 0 Å². The molecule has 0 aliphatic carbocycles. The Hall–Kier alpha value is -0.320. The fraction of sp³-hybridized carbons (Fsp3) is 0.125. The SMILES string of the molecule is Cc1c(Cl)cc(Br)c2oc(=S)[nH]c12. The third kappa shape index (κ3) is 1.43.